The highest BCUT2D eigenvalue weighted by atomic mass is 79.9. The van der Waals surface area contributed by atoms with Gasteiger partial charge in [0.25, 0.3) is 0 Å². The van der Waals surface area contributed by atoms with Crippen LogP contribution < -0.4 is 9.54 Å². The van der Waals surface area contributed by atoms with Crippen LogP contribution in [-0.2, 0) is 33.5 Å². The van der Waals surface area contributed by atoms with Crippen molar-refractivity contribution < 1.29 is 51.0 Å². The topological polar surface area (TPSA) is 154 Å². The number of benzene rings is 4. The van der Waals surface area contributed by atoms with Gasteiger partial charge in [-0.3, -0.25) is 14.1 Å². The SMILES string of the molecule is O=P(O)(O)C(F)(F)c1ccc(C/N=c2/sc(-c3cccc(Oc4ccccc4)c3)nn2Cc2ccc(C(F)(F)P(=O)(O)O)c(Br)c2)cc1. The molecule has 0 saturated carbocycles. The van der Waals surface area contributed by atoms with Gasteiger partial charge in [0, 0.05) is 21.2 Å². The lowest BCUT2D eigenvalue weighted by Gasteiger charge is -2.19. The fourth-order valence-electron chi connectivity index (χ4n) is 4.33. The molecule has 0 amide bonds. The molecule has 18 heteroatoms. The third-order valence-corrected chi connectivity index (χ3v) is 10.5. The van der Waals surface area contributed by atoms with Gasteiger partial charge in [-0.05, 0) is 41.5 Å². The lowest BCUT2D eigenvalue weighted by atomic mass is 10.1. The fourth-order valence-corrected chi connectivity index (χ4v) is 7.05. The van der Waals surface area contributed by atoms with Crippen molar-refractivity contribution in [1.82, 2.24) is 9.78 Å². The first kappa shape index (κ1) is 35.8. The molecular formula is C30H24BrF4N3O7P2S. The van der Waals surface area contributed by atoms with Crippen LogP contribution in [0.3, 0.4) is 0 Å². The second kappa shape index (κ2) is 13.8. The first-order valence-corrected chi connectivity index (χ1v) is 18.5. The van der Waals surface area contributed by atoms with E-state index < -0.39 is 37.6 Å². The molecule has 0 aliphatic heterocycles. The van der Waals surface area contributed by atoms with Crippen molar-refractivity contribution in [1.29, 1.82) is 0 Å². The van der Waals surface area contributed by atoms with Gasteiger partial charge >= 0.3 is 26.5 Å². The predicted octanol–water partition coefficient (Wildman–Crippen LogP) is 7.77. The summed E-state index contributed by atoms with van der Waals surface area (Å²) in [7, 11) is -11.6. The zero-order chi connectivity index (χ0) is 34.9. The average molecular weight is 788 g/mol. The molecule has 0 spiro atoms. The van der Waals surface area contributed by atoms with Crippen molar-refractivity contribution in [2.75, 3.05) is 0 Å². The quantitative estimate of drug-likeness (QED) is 0.0783. The Morgan fingerprint density at radius 1 is 0.792 bits per heavy atom. The van der Waals surface area contributed by atoms with Crippen molar-refractivity contribution in [2.45, 2.75) is 24.4 Å². The van der Waals surface area contributed by atoms with E-state index in [4.69, 9.17) is 24.3 Å². The molecule has 1 aromatic heterocycles. The van der Waals surface area contributed by atoms with Crippen LogP contribution in [0.1, 0.15) is 22.3 Å². The monoisotopic (exact) mass is 787 g/mol. The zero-order valence-corrected chi connectivity index (χ0v) is 28.4. The van der Waals surface area contributed by atoms with Gasteiger partial charge in [0.05, 0.1) is 13.1 Å². The van der Waals surface area contributed by atoms with E-state index in [2.05, 4.69) is 26.0 Å². The molecule has 0 bridgehead atoms. The van der Waals surface area contributed by atoms with Crippen LogP contribution in [0.25, 0.3) is 10.6 Å². The summed E-state index contributed by atoms with van der Waals surface area (Å²) in [5.41, 5.74) is -9.02. The van der Waals surface area contributed by atoms with E-state index in [1.165, 1.54) is 28.9 Å². The van der Waals surface area contributed by atoms with Crippen LogP contribution in [0.15, 0.2) is 107 Å². The van der Waals surface area contributed by atoms with Gasteiger partial charge < -0.3 is 24.3 Å². The Morgan fingerprint density at radius 3 is 2.04 bits per heavy atom. The molecule has 0 saturated heterocycles. The Labute approximate surface area is 282 Å². The highest BCUT2D eigenvalue weighted by molar-refractivity contribution is 9.10. The van der Waals surface area contributed by atoms with Crippen molar-refractivity contribution in [3.05, 3.63) is 129 Å². The number of rotatable bonds is 11. The molecule has 1 heterocycles. The van der Waals surface area contributed by atoms with E-state index in [0.29, 0.717) is 38.0 Å². The maximum Gasteiger partial charge on any atom is 0.399 e. The van der Waals surface area contributed by atoms with E-state index in [0.717, 1.165) is 29.5 Å². The van der Waals surface area contributed by atoms with Crippen molar-refractivity contribution in [3.63, 3.8) is 0 Å². The van der Waals surface area contributed by atoms with Crippen molar-refractivity contribution in [3.8, 4) is 22.1 Å². The van der Waals surface area contributed by atoms with Crippen LogP contribution in [-0.4, -0.2) is 29.4 Å². The van der Waals surface area contributed by atoms with Gasteiger partial charge in [0.2, 0.25) is 4.80 Å². The first-order valence-electron chi connectivity index (χ1n) is 13.6. The van der Waals surface area contributed by atoms with Crippen LogP contribution in [0.4, 0.5) is 17.6 Å². The van der Waals surface area contributed by atoms with Gasteiger partial charge in [0.1, 0.15) is 16.5 Å². The smallest absolute Gasteiger partial charge is 0.399 e. The molecule has 48 heavy (non-hydrogen) atoms. The number of aromatic nitrogens is 2. The summed E-state index contributed by atoms with van der Waals surface area (Å²) >= 11 is 4.15. The number of nitrogens with zero attached hydrogens (tertiary/aromatic N) is 3. The number of alkyl halides is 4. The molecule has 4 aromatic carbocycles. The van der Waals surface area contributed by atoms with Crippen LogP contribution in [0.5, 0.6) is 11.5 Å². The fraction of sp³-hybridized carbons (Fsp3) is 0.133. The maximum absolute atomic E-state index is 14.4. The highest BCUT2D eigenvalue weighted by Crippen LogP contribution is 2.60. The van der Waals surface area contributed by atoms with Gasteiger partial charge in [-0.2, -0.15) is 22.7 Å². The Kier molecular flexibility index (Phi) is 10.3. The molecule has 0 aliphatic carbocycles. The molecule has 0 fully saturated rings. The maximum atomic E-state index is 14.4. The highest BCUT2D eigenvalue weighted by Gasteiger charge is 2.51. The minimum absolute atomic E-state index is 0.0106. The summed E-state index contributed by atoms with van der Waals surface area (Å²) in [6, 6.07) is 23.9. The lowest BCUT2D eigenvalue weighted by molar-refractivity contribution is 0.0557. The second-order valence-electron chi connectivity index (χ2n) is 10.3. The third-order valence-electron chi connectivity index (χ3n) is 6.80. The molecule has 0 unspecified atom stereocenters. The van der Waals surface area contributed by atoms with E-state index in [-0.39, 0.29) is 17.6 Å². The Balaban J connectivity index is 1.50. The summed E-state index contributed by atoms with van der Waals surface area (Å²) in [5.74, 6) is 1.14. The van der Waals surface area contributed by atoms with Gasteiger partial charge in [-0.25, -0.2) is 4.68 Å². The Morgan fingerprint density at radius 2 is 1.42 bits per heavy atom. The van der Waals surface area contributed by atoms with Crippen LogP contribution in [0.2, 0.25) is 0 Å². The van der Waals surface area contributed by atoms with E-state index in [1.807, 2.05) is 18.2 Å². The average Bonchev–Trinajstić information content (AvgIpc) is 3.42. The van der Waals surface area contributed by atoms with E-state index >= 15 is 0 Å². The normalized spacial score (nSPS) is 13.1. The van der Waals surface area contributed by atoms with Crippen molar-refractivity contribution in [2.24, 2.45) is 4.99 Å². The molecule has 5 rings (SSSR count). The molecule has 0 aliphatic rings. The van der Waals surface area contributed by atoms with E-state index in [9.17, 15) is 26.7 Å². The first-order chi connectivity index (χ1) is 22.5. The van der Waals surface area contributed by atoms with Crippen LogP contribution >= 0.6 is 42.5 Å². The molecule has 0 radical (unpaired) electrons. The predicted molar refractivity (Wildman–Crippen MR) is 173 cm³/mol. The Hall–Kier alpha value is -3.46. The summed E-state index contributed by atoms with van der Waals surface area (Å²) in [6.45, 7) is -0.0545. The molecule has 5 aromatic rings. The number of ether oxygens (including phenoxy) is 1. The largest absolute Gasteiger partial charge is 0.457 e. The molecule has 4 N–H and O–H groups in total. The number of hydrogen-bond donors (Lipinski definition) is 4. The second-order valence-corrected chi connectivity index (χ2v) is 15.4. The number of para-hydroxylation sites is 1. The summed E-state index contributed by atoms with van der Waals surface area (Å²) in [5, 5.41) is 5.16. The standard InChI is InChI=1S/C30H24BrF4N3O7P2S/c31-26-15-20(11-14-25(26)30(34,35)47(42,43)44)18-38-28(36-17-19-9-12-22(13-10-19)29(32,33)46(39,40)41)48-27(37-38)21-5-4-8-24(16-21)45-23-6-2-1-3-7-23/h1-16H,17-18H2,(H2,39,40,41)(H2,42,43,44)/b36-28+. The van der Waals surface area contributed by atoms with Gasteiger partial charge in [0.15, 0.2) is 0 Å². The summed E-state index contributed by atoms with van der Waals surface area (Å²) in [6.07, 6.45) is 0. The third kappa shape index (κ3) is 7.88. The van der Waals surface area contributed by atoms with Gasteiger partial charge in [-0.1, -0.05) is 94.0 Å². The van der Waals surface area contributed by atoms with Gasteiger partial charge in [-0.15, -0.1) is 0 Å². The van der Waals surface area contributed by atoms with Crippen molar-refractivity contribution >= 4 is 42.5 Å². The number of halogens is 5. The molecule has 0 atom stereocenters. The number of hydrogen-bond acceptors (Lipinski definition) is 6. The molecular weight excluding hydrogens is 764 g/mol. The lowest BCUT2D eigenvalue weighted by Crippen LogP contribution is -2.18. The molecule has 10 nitrogen and oxygen atoms in total. The minimum Gasteiger partial charge on any atom is -0.457 e. The molecule has 252 valence electrons. The summed E-state index contributed by atoms with van der Waals surface area (Å²) < 4.78 is 86.8. The van der Waals surface area contributed by atoms with Crippen LogP contribution in [0, 0.1) is 0 Å². The van der Waals surface area contributed by atoms with E-state index in [1.54, 1.807) is 36.4 Å². The summed E-state index contributed by atoms with van der Waals surface area (Å²) in [4.78, 5) is 41.3. The minimum atomic E-state index is -5.81. The zero-order valence-electron chi connectivity index (χ0n) is 24.2. The Bertz CT molecular complexity index is 2100.